The van der Waals surface area contributed by atoms with Crippen molar-refractivity contribution < 1.29 is 14.7 Å². The molecule has 3 rings (SSSR count). The lowest BCUT2D eigenvalue weighted by atomic mass is 9.84. The summed E-state index contributed by atoms with van der Waals surface area (Å²) in [5, 5.41) is 14.3. The second-order valence-corrected chi connectivity index (χ2v) is 7.77. The number of carbonyl (C=O) groups is 2. The molecular formula is C19H34N6O3. The first-order valence-corrected chi connectivity index (χ1v) is 9.88. The summed E-state index contributed by atoms with van der Waals surface area (Å²) >= 11 is 0. The van der Waals surface area contributed by atoms with Crippen LogP contribution in [0.4, 0.5) is 4.79 Å². The van der Waals surface area contributed by atoms with Crippen molar-refractivity contribution in [2.24, 2.45) is 7.05 Å². The minimum atomic E-state index is -0.250. The first kappa shape index (κ1) is 22.2. The molecule has 2 aliphatic heterocycles. The van der Waals surface area contributed by atoms with Crippen LogP contribution in [-0.4, -0.2) is 94.4 Å². The van der Waals surface area contributed by atoms with E-state index in [1.807, 2.05) is 22.7 Å². The molecule has 1 aromatic heterocycles. The molecular weight excluding hydrogens is 360 g/mol. The van der Waals surface area contributed by atoms with Crippen molar-refractivity contribution in [3.8, 4) is 0 Å². The Morgan fingerprint density at radius 3 is 2.46 bits per heavy atom. The second kappa shape index (κ2) is 9.88. The SMILES string of the molecule is CCC(NC(=O)N1CCN(C)C2(CCN(C)CC2)C1)c1ccnn1C.O=CO. The lowest BCUT2D eigenvalue weighted by molar-refractivity contribution is -0.122. The zero-order chi connectivity index (χ0) is 20.7. The molecule has 9 heteroatoms. The van der Waals surface area contributed by atoms with Crippen LogP contribution in [0.1, 0.15) is 37.9 Å². The molecule has 2 saturated heterocycles. The number of piperazine rings is 1. The number of likely N-dealkylation sites (N-methyl/N-ethyl adjacent to an activating group) is 1. The normalized spacial score (nSPS) is 20.9. The molecule has 28 heavy (non-hydrogen) atoms. The quantitative estimate of drug-likeness (QED) is 0.743. The average Bonchev–Trinajstić information content (AvgIpc) is 3.10. The maximum Gasteiger partial charge on any atom is 0.318 e. The zero-order valence-electron chi connectivity index (χ0n) is 17.5. The van der Waals surface area contributed by atoms with Crippen molar-refractivity contribution in [3.05, 3.63) is 18.0 Å². The smallest absolute Gasteiger partial charge is 0.318 e. The molecule has 1 spiro atoms. The monoisotopic (exact) mass is 394 g/mol. The summed E-state index contributed by atoms with van der Waals surface area (Å²) in [5.41, 5.74) is 1.19. The number of hydrogen-bond acceptors (Lipinski definition) is 5. The van der Waals surface area contributed by atoms with Gasteiger partial charge in [0.15, 0.2) is 0 Å². The molecule has 9 nitrogen and oxygen atoms in total. The van der Waals surface area contributed by atoms with Crippen LogP contribution in [0.25, 0.3) is 0 Å². The van der Waals surface area contributed by atoms with Gasteiger partial charge in [0.1, 0.15) is 0 Å². The van der Waals surface area contributed by atoms with Gasteiger partial charge >= 0.3 is 6.03 Å². The third-order valence-electron chi connectivity index (χ3n) is 6.13. The topological polar surface area (TPSA) is 93.9 Å². The Bertz CT molecular complexity index is 641. The highest BCUT2D eigenvalue weighted by atomic mass is 16.3. The summed E-state index contributed by atoms with van der Waals surface area (Å²) in [5.74, 6) is 0. The van der Waals surface area contributed by atoms with Crippen LogP contribution in [0.2, 0.25) is 0 Å². The Kier molecular flexibility index (Phi) is 7.82. The highest BCUT2D eigenvalue weighted by Gasteiger charge is 2.42. The summed E-state index contributed by atoms with van der Waals surface area (Å²) < 4.78 is 1.84. The molecule has 0 aromatic carbocycles. The standard InChI is InChI=1S/C18H32N6O.CH2O2/c1-5-15(16-6-9-19-23(16)4)20-17(25)24-13-12-22(3)18(14-24)7-10-21(2)11-8-18;2-1-3/h6,9,15H,5,7-8,10-14H2,1-4H3,(H,20,25);1H,(H,2,3). The van der Waals surface area contributed by atoms with Crippen molar-refractivity contribution in [2.45, 2.75) is 37.8 Å². The largest absolute Gasteiger partial charge is 0.483 e. The van der Waals surface area contributed by atoms with Gasteiger partial charge < -0.3 is 20.2 Å². The van der Waals surface area contributed by atoms with Gasteiger partial charge in [-0.1, -0.05) is 6.92 Å². The van der Waals surface area contributed by atoms with Crippen LogP contribution >= 0.6 is 0 Å². The minimum Gasteiger partial charge on any atom is -0.483 e. The molecule has 1 unspecified atom stereocenters. The Hall–Kier alpha value is -2.13. The number of amides is 2. The molecule has 0 aliphatic carbocycles. The van der Waals surface area contributed by atoms with Gasteiger partial charge in [0.25, 0.3) is 6.47 Å². The number of piperidine rings is 1. The van der Waals surface area contributed by atoms with E-state index in [0.717, 1.165) is 57.7 Å². The Morgan fingerprint density at radius 2 is 1.93 bits per heavy atom. The van der Waals surface area contributed by atoms with E-state index in [-0.39, 0.29) is 24.1 Å². The van der Waals surface area contributed by atoms with E-state index in [9.17, 15) is 4.79 Å². The summed E-state index contributed by atoms with van der Waals surface area (Å²) in [6, 6.07) is 2.05. The Morgan fingerprint density at radius 1 is 1.29 bits per heavy atom. The van der Waals surface area contributed by atoms with Crippen LogP contribution in [0.15, 0.2) is 12.3 Å². The fourth-order valence-corrected chi connectivity index (χ4v) is 4.16. The predicted molar refractivity (Wildman–Crippen MR) is 107 cm³/mol. The molecule has 1 aromatic rings. The first-order valence-electron chi connectivity index (χ1n) is 9.88. The van der Waals surface area contributed by atoms with E-state index >= 15 is 0 Å². The van der Waals surface area contributed by atoms with Crippen molar-refractivity contribution in [2.75, 3.05) is 46.8 Å². The molecule has 2 N–H and O–H groups in total. The van der Waals surface area contributed by atoms with Crippen LogP contribution < -0.4 is 5.32 Å². The predicted octanol–water partition coefficient (Wildman–Crippen LogP) is 0.993. The third-order valence-corrected chi connectivity index (χ3v) is 6.13. The van der Waals surface area contributed by atoms with E-state index in [1.165, 1.54) is 0 Å². The van der Waals surface area contributed by atoms with Crippen molar-refractivity contribution >= 4 is 12.5 Å². The van der Waals surface area contributed by atoms with Gasteiger partial charge in [-0.2, -0.15) is 5.10 Å². The molecule has 3 heterocycles. The highest BCUT2D eigenvalue weighted by molar-refractivity contribution is 5.75. The van der Waals surface area contributed by atoms with E-state index in [0.29, 0.717) is 0 Å². The molecule has 0 saturated carbocycles. The van der Waals surface area contributed by atoms with Gasteiger partial charge in [-0.25, -0.2) is 4.79 Å². The maximum atomic E-state index is 12.9. The van der Waals surface area contributed by atoms with E-state index in [4.69, 9.17) is 9.90 Å². The molecule has 2 fully saturated rings. The molecule has 2 aliphatic rings. The van der Waals surface area contributed by atoms with E-state index in [1.54, 1.807) is 6.20 Å². The fraction of sp³-hybridized carbons (Fsp3) is 0.737. The first-order chi connectivity index (χ1) is 13.4. The van der Waals surface area contributed by atoms with Crippen molar-refractivity contribution in [3.63, 3.8) is 0 Å². The van der Waals surface area contributed by atoms with Crippen LogP contribution in [-0.2, 0) is 11.8 Å². The van der Waals surface area contributed by atoms with Crippen LogP contribution in [0.3, 0.4) is 0 Å². The number of carbonyl (C=O) groups excluding carboxylic acids is 1. The lowest BCUT2D eigenvalue weighted by Gasteiger charge is -2.52. The number of urea groups is 1. The maximum absolute atomic E-state index is 12.9. The van der Waals surface area contributed by atoms with Gasteiger partial charge in [-0.15, -0.1) is 0 Å². The summed E-state index contributed by atoms with van der Waals surface area (Å²) in [6.45, 7) is 6.62. The number of aryl methyl sites for hydroxylation is 1. The second-order valence-electron chi connectivity index (χ2n) is 7.77. The minimum absolute atomic E-state index is 0.00750. The number of rotatable bonds is 3. The number of hydrogen-bond donors (Lipinski definition) is 2. The molecule has 2 amide bonds. The van der Waals surface area contributed by atoms with Gasteiger partial charge in [-0.05, 0) is 52.5 Å². The van der Waals surface area contributed by atoms with Crippen molar-refractivity contribution in [1.82, 2.24) is 29.8 Å². The van der Waals surface area contributed by atoms with Crippen LogP contribution in [0.5, 0.6) is 0 Å². The Labute approximate surface area is 167 Å². The summed E-state index contributed by atoms with van der Waals surface area (Å²) in [7, 11) is 6.32. The highest BCUT2D eigenvalue weighted by Crippen LogP contribution is 2.31. The van der Waals surface area contributed by atoms with Gasteiger partial charge in [0.2, 0.25) is 0 Å². The van der Waals surface area contributed by atoms with Crippen molar-refractivity contribution in [1.29, 1.82) is 0 Å². The summed E-state index contributed by atoms with van der Waals surface area (Å²) in [4.78, 5) is 28.2. The number of aromatic nitrogens is 2. The average molecular weight is 395 g/mol. The third kappa shape index (κ3) is 5.02. The number of nitrogens with zero attached hydrogens (tertiary/aromatic N) is 5. The van der Waals surface area contributed by atoms with Gasteiger partial charge in [0.05, 0.1) is 11.7 Å². The number of nitrogens with one attached hydrogen (secondary N) is 1. The van der Waals surface area contributed by atoms with Crippen LogP contribution in [0, 0.1) is 0 Å². The lowest BCUT2D eigenvalue weighted by Crippen LogP contribution is -2.66. The van der Waals surface area contributed by atoms with E-state index in [2.05, 4.69) is 41.2 Å². The molecule has 158 valence electrons. The molecule has 0 radical (unpaired) electrons. The Balaban J connectivity index is 0.000000878. The zero-order valence-corrected chi connectivity index (χ0v) is 17.5. The van der Waals surface area contributed by atoms with Gasteiger partial charge in [0, 0.05) is 38.4 Å². The molecule has 0 bridgehead atoms. The van der Waals surface area contributed by atoms with Gasteiger partial charge in [-0.3, -0.25) is 14.4 Å². The fourth-order valence-electron chi connectivity index (χ4n) is 4.16. The summed E-state index contributed by atoms with van der Waals surface area (Å²) in [6.07, 6.45) is 4.90. The molecule has 1 atom stereocenters. The number of carboxylic acid groups (broad SMARTS) is 1. The van der Waals surface area contributed by atoms with E-state index < -0.39 is 0 Å². The number of likely N-dealkylation sites (tertiary alicyclic amines) is 1.